The van der Waals surface area contributed by atoms with Gasteiger partial charge in [-0.15, -0.1) is 0 Å². The first kappa shape index (κ1) is 41.1. The highest BCUT2D eigenvalue weighted by Crippen LogP contribution is 2.27. The fourth-order valence-electron chi connectivity index (χ4n) is 6.94. The number of nitrogens with zero attached hydrogens (tertiary/aromatic N) is 2. The van der Waals surface area contributed by atoms with Crippen LogP contribution in [0.25, 0.3) is 21.7 Å². The van der Waals surface area contributed by atoms with E-state index in [1.165, 1.54) is 13.1 Å². The van der Waals surface area contributed by atoms with E-state index in [4.69, 9.17) is 9.84 Å². The molecule has 0 saturated carbocycles. The highest BCUT2D eigenvalue weighted by atomic mass is 16.5. The number of carbonyl (C=O) groups excluding carboxylic acids is 4. The van der Waals surface area contributed by atoms with Crippen LogP contribution in [0.3, 0.4) is 0 Å². The number of morpholine rings is 1. The zero-order chi connectivity index (χ0) is 41.2. The predicted molar refractivity (Wildman–Crippen MR) is 216 cm³/mol. The van der Waals surface area contributed by atoms with E-state index in [-0.39, 0.29) is 37.1 Å². The molecular weight excluding hydrogens is 745 g/mol. The highest BCUT2D eigenvalue weighted by Gasteiger charge is 2.28. The lowest BCUT2D eigenvalue weighted by molar-refractivity contribution is -0.135. The summed E-state index contributed by atoms with van der Waals surface area (Å²) in [6, 6.07) is 25.5. The topological polar surface area (TPSA) is 208 Å². The summed E-state index contributed by atoms with van der Waals surface area (Å²) in [5, 5.41) is 32.9. The number of rotatable bonds is 16. The molecular formula is C43H46N6O9. The molecule has 4 aromatic carbocycles. The second-order valence-corrected chi connectivity index (χ2v) is 14.2. The Kier molecular flexibility index (Phi) is 13.5. The Balaban J connectivity index is 1.21. The van der Waals surface area contributed by atoms with Crippen LogP contribution in [0.15, 0.2) is 95.8 Å². The number of fused-ring (bicyclic) bond motifs is 2. The Labute approximate surface area is 334 Å². The van der Waals surface area contributed by atoms with Crippen LogP contribution in [-0.2, 0) is 50.3 Å². The number of aryl methyl sites for hydroxylation is 1. The lowest BCUT2D eigenvalue weighted by atomic mass is 10.00. The fraction of sp³-hybridized carbons (Fsp3) is 0.302. The molecule has 1 fully saturated rings. The molecule has 0 bridgehead atoms. The molecule has 15 nitrogen and oxygen atoms in total. The zero-order valence-electron chi connectivity index (χ0n) is 32.0. The largest absolute Gasteiger partial charge is 0.506 e. The van der Waals surface area contributed by atoms with Gasteiger partial charge in [-0.05, 0) is 39.6 Å². The highest BCUT2D eigenvalue weighted by molar-refractivity contribution is 6.03. The van der Waals surface area contributed by atoms with Gasteiger partial charge in [0.2, 0.25) is 17.7 Å². The molecule has 302 valence electrons. The average molecular weight is 791 g/mol. The lowest BCUT2D eigenvalue weighted by Crippen LogP contribution is -2.55. The summed E-state index contributed by atoms with van der Waals surface area (Å²) in [4.78, 5) is 80.2. The monoisotopic (exact) mass is 790 g/mol. The smallest absolute Gasteiger partial charge is 0.322 e. The van der Waals surface area contributed by atoms with Crippen LogP contribution in [0.4, 0.5) is 0 Å². The Morgan fingerprint density at radius 2 is 1.43 bits per heavy atom. The molecule has 1 saturated heterocycles. The molecule has 1 aliphatic rings. The predicted octanol–water partition coefficient (Wildman–Crippen LogP) is 2.01. The minimum absolute atomic E-state index is 0.0580. The van der Waals surface area contributed by atoms with Gasteiger partial charge >= 0.3 is 5.97 Å². The number of hydrogen-bond acceptors (Lipinski definition) is 9. The first-order chi connectivity index (χ1) is 28.0. The van der Waals surface area contributed by atoms with Gasteiger partial charge in [-0.2, -0.15) is 0 Å². The maximum Gasteiger partial charge on any atom is 0.322 e. The number of pyridine rings is 1. The third-order valence-corrected chi connectivity index (χ3v) is 10.1. The summed E-state index contributed by atoms with van der Waals surface area (Å²) < 4.78 is 6.58. The average Bonchev–Trinajstić information content (AvgIpc) is 3.23. The third-order valence-electron chi connectivity index (χ3n) is 10.1. The summed E-state index contributed by atoms with van der Waals surface area (Å²) in [6.45, 7) is 2.34. The van der Waals surface area contributed by atoms with Crippen LogP contribution < -0.4 is 26.8 Å². The number of carboxylic acid groups (broad SMARTS) is 1. The number of aliphatic carboxylic acids is 1. The molecule has 2 atom stereocenters. The number of carbonyl (C=O) groups is 5. The van der Waals surface area contributed by atoms with Gasteiger partial charge in [0.15, 0.2) is 0 Å². The molecule has 58 heavy (non-hydrogen) atoms. The van der Waals surface area contributed by atoms with Gasteiger partial charge < -0.3 is 40.8 Å². The number of benzene rings is 4. The SMILES string of the molecule is Cn1c(=O)c(C(=O)NCC(=O)O)c(O)c2cc(CNC(=O)[C@H](Cc3ccccc3)NC(=O)[C@H](Cc3ccc4ccccc4c3)NC(=O)CCN3CCOCC3)ccc21. The minimum Gasteiger partial charge on any atom is -0.506 e. The summed E-state index contributed by atoms with van der Waals surface area (Å²) in [7, 11) is 1.41. The quantitative estimate of drug-likeness (QED) is 0.0857. The van der Waals surface area contributed by atoms with E-state index in [9.17, 15) is 33.9 Å². The van der Waals surface area contributed by atoms with Crippen molar-refractivity contribution in [2.24, 2.45) is 7.05 Å². The van der Waals surface area contributed by atoms with E-state index >= 15 is 0 Å². The van der Waals surface area contributed by atoms with Gasteiger partial charge in [0.1, 0.15) is 29.9 Å². The molecule has 6 N–H and O–H groups in total. The summed E-state index contributed by atoms with van der Waals surface area (Å²) in [6.07, 6.45) is 0.500. The van der Waals surface area contributed by atoms with E-state index in [2.05, 4.69) is 26.2 Å². The number of hydrogen-bond donors (Lipinski definition) is 6. The van der Waals surface area contributed by atoms with Gasteiger partial charge in [0.05, 0.1) is 18.7 Å². The second kappa shape index (κ2) is 19.0. The number of ether oxygens (including phenoxy) is 1. The second-order valence-electron chi connectivity index (χ2n) is 14.2. The zero-order valence-corrected chi connectivity index (χ0v) is 32.0. The van der Waals surface area contributed by atoms with Crippen molar-refractivity contribution < 1.29 is 38.9 Å². The third kappa shape index (κ3) is 10.4. The van der Waals surface area contributed by atoms with Gasteiger partial charge in [-0.1, -0.05) is 78.9 Å². The fourth-order valence-corrected chi connectivity index (χ4v) is 6.94. The molecule has 4 amide bonds. The van der Waals surface area contributed by atoms with E-state index in [1.54, 1.807) is 12.1 Å². The molecule has 6 rings (SSSR count). The van der Waals surface area contributed by atoms with Gasteiger partial charge in [0, 0.05) is 57.9 Å². The maximum absolute atomic E-state index is 14.2. The Morgan fingerprint density at radius 1 is 0.759 bits per heavy atom. The number of aromatic hydroxyl groups is 1. The molecule has 5 aromatic rings. The Bertz CT molecular complexity index is 2380. The Hall–Kier alpha value is -6.58. The maximum atomic E-state index is 14.2. The van der Waals surface area contributed by atoms with E-state index in [0.717, 1.165) is 39.6 Å². The molecule has 0 aliphatic carbocycles. The number of carboxylic acids is 1. The van der Waals surface area contributed by atoms with Crippen molar-refractivity contribution in [1.82, 2.24) is 30.7 Å². The molecule has 1 aromatic heterocycles. The molecule has 0 spiro atoms. The Morgan fingerprint density at radius 3 is 2.17 bits per heavy atom. The molecule has 1 aliphatic heterocycles. The van der Waals surface area contributed by atoms with Crippen LogP contribution >= 0.6 is 0 Å². The molecule has 0 radical (unpaired) electrons. The minimum atomic E-state index is -1.32. The summed E-state index contributed by atoms with van der Waals surface area (Å²) >= 11 is 0. The van der Waals surface area contributed by atoms with Crippen molar-refractivity contribution >= 4 is 51.3 Å². The normalized spacial score (nSPS) is 14.0. The van der Waals surface area contributed by atoms with Crippen LogP contribution in [0, 0.1) is 0 Å². The van der Waals surface area contributed by atoms with Crippen LogP contribution in [0.2, 0.25) is 0 Å². The van der Waals surface area contributed by atoms with Crippen LogP contribution in [0.1, 0.15) is 33.5 Å². The standard InChI is InChI=1S/C43H46N6O9/c1-48-35-14-12-29(22-32(35)39(53)38(43(48)57)42(56)45-26-37(51)52)25-44-40(54)33(23-27-7-3-2-4-8-27)47-41(55)34(46-36(50)15-16-49-17-19-58-20-18-49)24-28-11-13-30-9-5-6-10-31(30)21-28/h2-14,21-22,33-34,53H,15-20,23-26H2,1H3,(H,44,54)(H,45,56)(H,46,50)(H,47,55)(H,51,52)/t33-,34-/m0/s1. The molecule has 2 heterocycles. The van der Waals surface area contributed by atoms with Crippen molar-refractivity contribution in [1.29, 1.82) is 0 Å². The van der Waals surface area contributed by atoms with E-state index in [1.807, 2.05) is 72.8 Å². The van der Waals surface area contributed by atoms with Crippen molar-refractivity contribution in [3.05, 3.63) is 124 Å². The molecule has 0 unspecified atom stereocenters. The van der Waals surface area contributed by atoms with Crippen LogP contribution in [0.5, 0.6) is 5.75 Å². The number of amides is 4. The van der Waals surface area contributed by atoms with E-state index in [0.29, 0.717) is 30.8 Å². The first-order valence-corrected chi connectivity index (χ1v) is 19.0. The van der Waals surface area contributed by atoms with Crippen molar-refractivity contribution in [3.8, 4) is 5.75 Å². The van der Waals surface area contributed by atoms with Crippen molar-refractivity contribution in [3.63, 3.8) is 0 Å². The number of aromatic nitrogens is 1. The number of nitrogens with one attached hydrogen (secondary N) is 4. The van der Waals surface area contributed by atoms with Gasteiger partial charge in [0.25, 0.3) is 11.5 Å². The van der Waals surface area contributed by atoms with Crippen molar-refractivity contribution in [2.75, 3.05) is 39.4 Å². The van der Waals surface area contributed by atoms with E-state index < -0.39 is 59.2 Å². The molecule has 15 heteroatoms. The van der Waals surface area contributed by atoms with Crippen molar-refractivity contribution in [2.45, 2.75) is 37.9 Å². The van der Waals surface area contributed by atoms with Crippen LogP contribution in [-0.4, -0.2) is 101 Å². The summed E-state index contributed by atoms with van der Waals surface area (Å²) in [5.74, 6) is -4.35. The van der Waals surface area contributed by atoms with Gasteiger partial charge in [-0.3, -0.25) is 33.7 Å². The first-order valence-electron chi connectivity index (χ1n) is 19.0. The lowest BCUT2D eigenvalue weighted by Gasteiger charge is -2.27. The van der Waals surface area contributed by atoms with Gasteiger partial charge in [-0.25, -0.2) is 0 Å². The summed E-state index contributed by atoms with van der Waals surface area (Å²) in [5.41, 5.74) is 0.976.